The van der Waals surface area contributed by atoms with Gasteiger partial charge in [-0.1, -0.05) is 11.6 Å². The van der Waals surface area contributed by atoms with E-state index in [1.54, 1.807) is 0 Å². The van der Waals surface area contributed by atoms with Crippen molar-refractivity contribution in [2.24, 2.45) is 0 Å². The Balaban J connectivity index is 1.95. The highest BCUT2D eigenvalue weighted by Gasteiger charge is 2.22. The van der Waals surface area contributed by atoms with Crippen molar-refractivity contribution in [1.82, 2.24) is 15.4 Å². The molecule has 2 aromatic carbocycles. The van der Waals surface area contributed by atoms with Gasteiger partial charge in [-0.15, -0.1) is 0 Å². The molecule has 3 N–H and O–H groups in total. The number of hydrogen-bond donors (Lipinski definition) is 3. The second kappa shape index (κ2) is 10.1. The van der Waals surface area contributed by atoms with Gasteiger partial charge in [-0.3, -0.25) is 10.0 Å². The lowest BCUT2D eigenvalue weighted by molar-refractivity contribution is -0.129. The van der Waals surface area contributed by atoms with Gasteiger partial charge in [-0.05, 0) is 37.1 Å². The summed E-state index contributed by atoms with van der Waals surface area (Å²) in [6.07, 6.45) is 1.79. The number of hydroxylamine groups is 1. The largest absolute Gasteiger partial charge is 0.495 e. The number of nitrogens with one attached hydrogen (secondary N) is 2. The van der Waals surface area contributed by atoms with Crippen molar-refractivity contribution in [1.29, 1.82) is 0 Å². The van der Waals surface area contributed by atoms with Crippen LogP contribution in [0, 0.1) is 5.82 Å². The van der Waals surface area contributed by atoms with Crippen molar-refractivity contribution < 1.29 is 27.5 Å². The van der Waals surface area contributed by atoms with E-state index in [-0.39, 0.29) is 40.7 Å². The molecule has 0 fully saturated rings. The lowest BCUT2D eigenvalue weighted by Gasteiger charge is -2.13. The van der Waals surface area contributed by atoms with E-state index in [2.05, 4.69) is 15.3 Å². The molecule has 0 unspecified atom stereocenters. The molecule has 1 aromatic heterocycles. The highest BCUT2D eigenvalue weighted by molar-refractivity contribution is 7.91. The number of methoxy groups -OCH3 is 1. The summed E-state index contributed by atoms with van der Waals surface area (Å²) in [7, 11) is -2.42. The summed E-state index contributed by atoms with van der Waals surface area (Å²) >= 11 is 5.83. The summed E-state index contributed by atoms with van der Waals surface area (Å²) in [5, 5.41) is 11.9. The number of carbonyl (C=O) groups excluding carboxylic acids is 1. The van der Waals surface area contributed by atoms with E-state index in [4.69, 9.17) is 21.5 Å². The lowest BCUT2D eigenvalue weighted by atomic mass is 10.2. The smallest absolute Gasteiger partial charge is 0.243 e. The van der Waals surface area contributed by atoms with E-state index >= 15 is 0 Å². The van der Waals surface area contributed by atoms with Crippen molar-refractivity contribution in [3.05, 3.63) is 47.5 Å². The molecule has 1 heterocycles. The molecule has 0 radical (unpaired) electrons. The molecule has 0 aliphatic rings. The number of hydrogen-bond acceptors (Lipinski definition) is 8. The molecule has 0 atom stereocenters. The van der Waals surface area contributed by atoms with Crippen molar-refractivity contribution in [3.8, 4) is 5.75 Å². The van der Waals surface area contributed by atoms with E-state index in [0.717, 1.165) is 0 Å². The third-order valence-electron chi connectivity index (χ3n) is 4.63. The van der Waals surface area contributed by atoms with Crippen LogP contribution in [0.1, 0.15) is 19.3 Å². The van der Waals surface area contributed by atoms with E-state index < -0.39 is 21.6 Å². The van der Waals surface area contributed by atoms with Crippen LogP contribution in [0.5, 0.6) is 5.75 Å². The summed E-state index contributed by atoms with van der Waals surface area (Å²) in [5.41, 5.74) is 2.40. The second-order valence-electron chi connectivity index (χ2n) is 6.81. The fraction of sp³-hybridized carbons (Fsp3) is 0.250. The van der Waals surface area contributed by atoms with Gasteiger partial charge in [0.1, 0.15) is 28.6 Å². The fourth-order valence-corrected chi connectivity index (χ4v) is 4.75. The molecule has 0 aliphatic carbocycles. The number of rotatable bonds is 9. The maximum Gasteiger partial charge on any atom is 0.243 e. The summed E-state index contributed by atoms with van der Waals surface area (Å²) in [4.78, 5) is 19.4. The molecule has 0 spiro atoms. The van der Waals surface area contributed by atoms with Gasteiger partial charge >= 0.3 is 0 Å². The van der Waals surface area contributed by atoms with Crippen LogP contribution in [0.4, 0.5) is 15.9 Å². The maximum atomic E-state index is 13.4. The van der Waals surface area contributed by atoms with Gasteiger partial charge in [0.15, 0.2) is 9.84 Å². The minimum absolute atomic E-state index is 0.00299. The first-order chi connectivity index (χ1) is 15.2. The summed E-state index contributed by atoms with van der Waals surface area (Å²) in [6, 6.07) is 6.96. The Morgan fingerprint density at radius 3 is 2.69 bits per heavy atom. The molecule has 3 rings (SSSR count). The molecule has 0 bridgehead atoms. The Labute approximate surface area is 188 Å². The van der Waals surface area contributed by atoms with Gasteiger partial charge < -0.3 is 10.1 Å². The minimum atomic E-state index is -3.77. The zero-order valence-electron chi connectivity index (χ0n) is 16.9. The molecule has 1 amide bonds. The third kappa shape index (κ3) is 5.42. The van der Waals surface area contributed by atoms with Crippen molar-refractivity contribution in [3.63, 3.8) is 0 Å². The molecule has 0 saturated carbocycles. The van der Waals surface area contributed by atoms with Crippen LogP contribution in [0.15, 0.2) is 41.6 Å². The number of nitrogens with zero attached hydrogens (tertiary/aromatic N) is 2. The van der Waals surface area contributed by atoms with Crippen LogP contribution >= 0.6 is 11.6 Å². The van der Waals surface area contributed by atoms with Crippen LogP contribution in [0.25, 0.3) is 10.9 Å². The first-order valence-corrected chi connectivity index (χ1v) is 11.5. The van der Waals surface area contributed by atoms with Gasteiger partial charge in [0.25, 0.3) is 0 Å². The number of carbonyl (C=O) groups is 1. The summed E-state index contributed by atoms with van der Waals surface area (Å²) in [5.74, 6) is -0.951. The fourth-order valence-electron chi connectivity index (χ4n) is 3.02. The maximum absolute atomic E-state index is 13.4. The number of sulfone groups is 1. The topological polar surface area (TPSA) is 131 Å². The SMILES string of the molecule is COc1cc2ncnc(Nc3ccc(F)c(Cl)c3)c2cc1S(=O)(=O)CCCCC(=O)NO. The number of aromatic nitrogens is 2. The van der Waals surface area contributed by atoms with Crippen LogP contribution < -0.4 is 15.5 Å². The van der Waals surface area contributed by atoms with E-state index in [0.29, 0.717) is 22.4 Å². The predicted molar refractivity (Wildman–Crippen MR) is 117 cm³/mol. The van der Waals surface area contributed by atoms with E-state index in [1.807, 2.05) is 0 Å². The van der Waals surface area contributed by atoms with Crippen LogP contribution in [0.3, 0.4) is 0 Å². The number of amides is 1. The quantitative estimate of drug-likeness (QED) is 0.239. The molecular weight excluding hydrogens is 463 g/mol. The van der Waals surface area contributed by atoms with Gasteiger partial charge in [-0.2, -0.15) is 0 Å². The average molecular weight is 483 g/mol. The van der Waals surface area contributed by atoms with Crippen molar-refractivity contribution >= 4 is 49.8 Å². The minimum Gasteiger partial charge on any atom is -0.495 e. The summed E-state index contributed by atoms with van der Waals surface area (Å²) in [6.45, 7) is 0. The highest BCUT2D eigenvalue weighted by atomic mass is 35.5. The molecule has 170 valence electrons. The first-order valence-electron chi connectivity index (χ1n) is 9.45. The zero-order valence-corrected chi connectivity index (χ0v) is 18.5. The van der Waals surface area contributed by atoms with E-state index in [1.165, 1.54) is 49.2 Å². The second-order valence-corrected chi connectivity index (χ2v) is 9.29. The van der Waals surface area contributed by atoms with Crippen LogP contribution in [-0.2, 0) is 14.6 Å². The number of benzene rings is 2. The van der Waals surface area contributed by atoms with Gasteiger partial charge in [0.05, 0.1) is 23.4 Å². The normalized spacial score (nSPS) is 11.4. The van der Waals surface area contributed by atoms with E-state index in [9.17, 15) is 17.6 Å². The Hall–Kier alpha value is -3.02. The monoisotopic (exact) mass is 482 g/mol. The van der Waals surface area contributed by atoms with Crippen molar-refractivity contribution in [2.45, 2.75) is 24.2 Å². The Kier molecular flexibility index (Phi) is 7.44. The molecule has 0 aliphatic heterocycles. The molecule has 9 nitrogen and oxygen atoms in total. The Morgan fingerprint density at radius 2 is 2.00 bits per heavy atom. The number of unbranched alkanes of at least 4 members (excludes halogenated alkanes) is 1. The molecule has 12 heteroatoms. The Morgan fingerprint density at radius 1 is 1.22 bits per heavy atom. The zero-order chi connectivity index (χ0) is 23.3. The van der Waals surface area contributed by atoms with Gasteiger partial charge in [-0.25, -0.2) is 28.3 Å². The predicted octanol–water partition coefficient (Wildman–Crippen LogP) is 3.62. The lowest BCUT2D eigenvalue weighted by Crippen LogP contribution is -2.18. The molecular formula is C20H20ClFN4O5S. The molecule has 32 heavy (non-hydrogen) atoms. The first kappa shape index (κ1) is 23.6. The average Bonchev–Trinajstić information content (AvgIpc) is 2.78. The molecule has 3 aromatic rings. The standard InChI is InChI=1S/C20H20ClFN4O5S/c1-31-17-10-16-13(9-18(17)32(29,30)7-3-2-4-19(27)26-28)20(24-11-23-16)25-12-5-6-15(22)14(21)8-12/h5-6,8-11,28H,2-4,7H2,1H3,(H,26,27)(H,23,24,25). The Bertz CT molecular complexity index is 1260. The number of halogens is 2. The van der Waals surface area contributed by atoms with Crippen LogP contribution in [0.2, 0.25) is 5.02 Å². The van der Waals surface area contributed by atoms with Gasteiger partial charge in [0, 0.05) is 23.6 Å². The van der Waals surface area contributed by atoms with Crippen LogP contribution in [-0.4, -0.2) is 42.4 Å². The molecule has 0 saturated heterocycles. The van der Waals surface area contributed by atoms with Gasteiger partial charge in [0.2, 0.25) is 5.91 Å². The van der Waals surface area contributed by atoms with Crippen molar-refractivity contribution in [2.75, 3.05) is 18.2 Å². The third-order valence-corrected chi connectivity index (χ3v) is 6.73. The number of ether oxygens (including phenoxy) is 1. The number of fused-ring (bicyclic) bond motifs is 1. The highest BCUT2D eigenvalue weighted by Crippen LogP contribution is 2.33. The summed E-state index contributed by atoms with van der Waals surface area (Å²) < 4.78 is 44.7. The number of anilines is 2.